The van der Waals surface area contributed by atoms with E-state index < -0.39 is 0 Å². The molecule has 0 amide bonds. The van der Waals surface area contributed by atoms with E-state index in [0.29, 0.717) is 0 Å². The van der Waals surface area contributed by atoms with Crippen LogP contribution in [-0.4, -0.2) is 6.91 Å². The maximum atomic E-state index is 3.81. The van der Waals surface area contributed by atoms with Crippen LogP contribution in [0.2, 0.25) is 0 Å². The Morgan fingerprint density at radius 1 is 1.00 bits per heavy atom. The molecule has 1 aromatic heterocycles. The summed E-state index contributed by atoms with van der Waals surface area (Å²) in [6.45, 7) is 13.5. The molecule has 0 spiro atoms. The Bertz CT molecular complexity index is 335. The molecule has 0 aliphatic carbocycles. The second kappa shape index (κ2) is 6.18. The Kier molecular flexibility index (Phi) is 4.82. The Balaban J connectivity index is 3.13. The molecule has 0 saturated heterocycles. The van der Waals surface area contributed by atoms with Gasteiger partial charge in [-0.1, -0.05) is 0 Å². The van der Waals surface area contributed by atoms with E-state index >= 15 is 0 Å². The van der Waals surface area contributed by atoms with Gasteiger partial charge in [-0.05, 0) is 0 Å². The van der Waals surface area contributed by atoms with Crippen LogP contribution >= 0.6 is 0 Å². The average Bonchev–Trinajstić information content (AvgIpc) is 2.23. The first-order valence-corrected chi connectivity index (χ1v) is 5.25. The second-order valence-electron chi connectivity index (χ2n) is 3.53. The molecule has 0 N–H and O–H groups in total. The van der Waals surface area contributed by atoms with Crippen LogP contribution in [-0.2, 0) is 19.3 Å². The predicted molar refractivity (Wildman–Crippen MR) is 69.5 cm³/mol. The topological polar surface area (TPSA) is 0 Å². The monoisotopic (exact) mass is 196 g/mol. The normalized spacial score (nSPS) is 9.33. The third kappa shape index (κ3) is 3.05. The van der Waals surface area contributed by atoms with Gasteiger partial charge in [0.2, 0.25) is 0 Å². The number of rotatable bonds is 6. The Morgan fingerprint density at radius 2 is 1.67 bits per heavy atom. The van der Waals surface area contributed by atoms with Gasteiger partial charge in [-0.15, -0.1) is 0 Å². The van der Waals surface area contributed by atoms with E-state index in [1.54, 1.807) is 0 Å². The zero-order valence-electron chi connectivity index (χ0n) is 9.21. The van der Waals surface area contributed by atoms with Crippen molar-refractivity contribution in [1.82, 2.24) is 0 Å². The first-order chi connectivity index (χ1) is 7.33. The van der Waals surface area contributed by atoms with Gasteiger partial charge in [0, 0.05) is 0 Å². The van der Waals surface area contributed by atoms with Crippen LogP contribution in [0.1, 0.15) is 16.6 Å². The summed E-state index contributed by atoms with van der Waals surface area (Å²) in [5, 5.41) is 0. The van der Waals surface area contributed by atoms with E-state index in [1.807, 2.05) is 18.2 Å². The van der Waals surface area contributed by atoms with Crippen LogP contribution in [0.3, 0.4) is 0 Å². The van der Waals surface area contributed by atoms with Gasteiger partial charge >= 0.3 is 92.8 Å². The van der Waals surface area contributed by atoms with Gasteiger partial charge in [-0.3, -0.25) is 0 Å². The Hall–Kier alpha value is -1.37. The summed E-state index contributed by atoms with van der Waals surface area (Å²) in [5.74, 6) is 2.10. The van der Waals surface area contributed by atoms with Crippen LogP contribution in [0.5, 0.6) is 0 Å². The summed E-state index contributed by atoms with van der Waals surface area (Å²) in [7, 11) is 0. The van der Waals surface area contributed by atoms with E-state index in [9.17, 15) is 0 Å². The molecular weight excluding hydrogens is 179 g/mol. The first-order valence-electron chi connectivity index (χ1n) is 5.25. The van der Waals surface area contributed by atoms with Crippen molar-refractivity contribution in [2.24, 2.45) is 0 Å². The van der Waals surface area contributed by atoms with Crippen LogP contribution in [0, 0.1) is 0 Å². The molecule has 0 radical (unpaired) electrons. The van der Waals surface area contributed by atoms with Crippen LogP contribution in [0.15, 0.2) is 50.0 Å². The summed E-state index contributed by atoms with van der Waals surface area (Å²) >= 11 is 0. The van der Waals surface area contributed by atoms with Crippen molar-refractivity contribution in [2.75, 3.05) is 0 Å². The fourth-order valence-corrected chi connectivity index (χ4v) is 1.79. The number of hydrogen-bond acceptors (Lipinski definition) is 0. The SMILES string of the molecule is C=CCc1bccc(CC=C)c1CC=C. The fraction of sp³-hybridized carbons (Fsp3) is 0.214. The van der Waals surface area contributed by atoms with Crippen molar-refractivity contribution in [3.05, 3.63) is 66.6 Å². The van der Waals surface area contributed by atoms with E-state index in [-0.39, 0.29) is 0 Å². The molecule has 0 atom stereocenters. The molecule has 0 bridgehead atoms. The molecule has 1 heteroatoms. The number of hydrogen-bond donors (Lipinski definition) is 0. The van der Waals surface area contributed by atoms with E-state index in [1.165, 1.54) is 16.6 Å². The van der Waals surface area contributed by atoms with Gasteiger partial charge in [0.25, 0.3) is 0 Å². The van der Waals surface area contributed by atoms with Gasteiger partial charge in [-0.2, -0.15) is 0 Å². The van der Waals surface area contributed by atoms with E-state index in [0.717, 1.165) is 19.3 Å². The average molecular weight is 196 g/mol. The zero-order chi connectivity index (χ0) is 11.1. The molecule has 76 valence electrons. The van der Waals surface area contributed by atoms with E-state index in [2.05, 4.69) is 38.7 Å². The first kappa shape index (κ1) is 11.7. The van der Waals surface area contributed by atoms with Gasteiger partial charge in [0.15, 0.2) is 0 Å². The number of allylic oxidation sites excluding steroid dienone is 3. The maximum absolute atomic E-state index is 3.81. The summed E-state index contributed by atoms with van der Waals surface area (Å²) in [6.07, 6.45) is 8.61. The molecule has 1 rings (SSSR count). The van der Waals surface area contributed by atoms with E-state index in [4.69, 9.17) is 0 Å². The fourth-order valence-electron chi connectivity index (χ4n) is 1.79. The van der Waals surface area contributed by atoms with Crippen molar-refractivity contribution >= 4 is 6.91 Å². The summed E-state index contributed by atoms with van der Waals surface area (Å²) in [5.41, 5.74) is 4.08. The standard InChI is InChI=1S/C14H17B/c1-4-7-12-10-11-15-14(9-6-3)13(12)8-5-2/h4-6,10-11H,1-3,7-9H2. The zero-order valence-corrected chi connectivity index (χ0v) is 9.21. The minimum absolute atomic E-state index is 0.924. The summed E-state index contributed by atoms with van der Waals surface area (Å²) in [4.78, 5) is 0. The van der Waals surface area contributed by atoms with Crippen molar-refractivity contribution in [3.8, 4) is 0 Å². The van der Waals surface area contributed by atoms with Crippen molar-refractivity contribution in [2.45, 2.75) is 19.3 Å². The van der Waals surface area contributed by atoms with Crippen molar-refractivity contribution in [1.29, 1.82) is 0 Å². The Labute approximate surface area is 93.2 Å². The Morgan fingerprint density at radius 3 is 2.27 bits per heavy atom. The van der Waals surface area contributed by atoms with Crippen molar-refractivity contribution in [3.63, 3.8) is 0 Å². The van der Waals surface area contributed by atoms with Crippen LogP contribution < -0.4 is 0 Å². The second-order valence-corrected chi connectivity index (χ2v) is 3.53. The van der Waals surface area contributed by atoms with Crippen LogP contribution in [0.25, 0.3) is 0 Å². The van der Waals surface area contributed by atoms with Gasteiger partial charge in [0.1, 0.15) is 0 Å². The molecule has 0 saturated carbocycles. The van der Waals surface area contributed by atoms with Gasteiger partial charge in [-0.25, -0.2) is 0 Å². The predicted octanol–water partition coefficient (Wildman–Crippen LogP) is 3.21. The molecule has 0 aliphatic rings. The summed E-state index contributed by atoms with van der Waals surface area (Å²) < 4.78 is 0. The molecule has 0 aromatic carbocycles. The third-order valence-electron chi connectivity index (χ3n) is 2.45. The molecule has 0 nitrogen and oxygen atoms in total. The molecule has 15 heavy (non-hydrogen) atoms. The molecule has 1 heterocycles. The molecule has 1 aromatic rings. The quantitative estimate of drug-likeness (QED) is 0.613. The molecule has 0 unspecified atom stereocenters. The van der Waals surface area contributed by atoms with Crippen molar-refractivity contribution < 1.29 is 0 Å². The van der Waals surface area contributed by atoms with Gasteiger partial charge < -0.3 is 0 Å². The molecule has 0 aliphatic heterocycles. The molecule has 0 fully saturated rings. The molecular formula is C14H17B. The van der Waals surface area contributed by atoms with Gasteiger partial charge in [0.05, 0.1) is 0 Å². The van der Waals surface area contributed by atoms with Crippen LogP contribution in [0.4, 0.5) is 0 Å². The summed E-state index contributed by atoms with van der Waals surface area (Å²) in [6, 6.07) is 2.16. The third-order valence-corrected chi connectivity index (χ3v) is 2.45. The minimum atomic E-state index is 0.924.